The number of carbonyl (C=O) groups is 1. The molecule has 0 unspecified atom stereocenters. The second-order valence-electron chi connectivity index (χ2n) is 7.16. The zero-order chi connectivity index (χ0) is 22.9. The Bertz CT molecular complexity index is 1310. The molecule has 0 atom stereocenters. The van der Waals surface area contributed by atoms with Gasteiger partial charge >= 0.3 is 5.97 Å². The maximum atomic E-state index is 12.2. The summed E-state index contributed by atoms with van der Waals surface area (Å²) in [4.78, 5) is 20.9. The number of benzene rings is 2. The molecule has 0 bridgehead atoms. The summed E-state index contributed by atoms with van der Waals surface area (Å²) < 4.78 is 10.7. The Morgan fingerprint density at radius 1 is 1.00 bits per heavy atom. The fourth-order valence-electron chi connectivity index (χ4n) is 3.27. The molecule has 0 amide bonds. The number of hydrogen-bond acceptors (Lipinski definition) is 6. The van der Waals surface area contributed by atoms with Gasteiger partial charge in [-0.05, 0) is 35.7 Å². The molecule has 0 saturated heterocycles. The highest BCUT2D eigenvalue weighted by Crippen LogP contribution is 2.21. The number of carbonyl (C=O) groups excluding carboxylic acids is 1. The molecule has 4 rings (SSSR count). The first kappa shape index (κ1) is 21.8. The highest BCUT2D eigenvalue weighted by molar-refractivity contribution is 5.91. The zero-order valence-corrected chi connectivity index (χ0v) is 18.2. The van der Waals surface area contributed by atoms with Crippen LogP contribution >= 0.6 is 0 Å². The molecule has 2 aromatic carbocycles. The quantitative estimate of drug-likeness (QED) is 0.253. The highest BCUT2D eigenvalue weighted by Gasteiger charge is 2.16. The van der Waals surface area contributed by atoms with Crippen molar-refractivity contribution in [2.75, 3.05) is 19.0 Å². The number of esters is 1. The molecule has 4 aromatic rings. The SMILES string of the molecule is COC(=O)c1nc(C#CCCNc2ccnc3ccccc23)ccc1OCc1ccccc1. The first-order chi connectivity index (χ1) is 16.2. The van der Waals surface area contributed by atoms with E-state index in [2.05, 4.69) is 27.1 Å². The Morgan fingerprint density at radius 3 is 2.67 bits per heavy atom. The van der Waals surface area contributed by atoms with E-state index in [-0.39, 0.29) is 5.69 Å². The van der Waals surface area contributed by atoms with Crippen LogP contribution in [0, 0.1) is 11.8 Å². The molecule has 1 N–H and O–H groups in total. The summed E-state index contributed by atoms with van der Waals surface area (Å²) in [6.07, 6.45) is 2.40. The van der Waals surface area contributed by atoms with Crippen molar-refractivity contribution in [1.29, 1.82) is 0 Å². The van der Waals surface area contributed by atoms with E-state index in [4.69, 9.17) is 9.47 Å². The summed E-state index contributed by atoms with van der Waals surface area (Å²) in [7, 11) is 1.32. The number of ether oxygens (including phenoxy) is 2. The van der Waals surface area contributed by atoms with E-state index < -0.39 is 5.97 Å². The summed E-state index contributed by atoms with van der Waals surface area (Å²) in [5.74, 6) is 5.91. The third kappa shape index (κ3) is 5.66. The van der Waals surface area contributed by atoms with Gasteiger partial charge in [-0.2, -0.15) is 0 Å². The van der Waals surface area contributed by atoms with E-state index in [0.29, 0.717) is 31.0 Å². The fourth-order valence-corrected chi connectivity index (χ4v) is 3.27. The third-order valence-corrected chi connectivity index (χ3v) is 4.91. The van der Waals surface area contributed by atoms with Gasteiger partial charge in [-0.3, -0.25) is 4.98 Å². The van der Waals surface area contributed by atoms with Gasteiger partial charge in [0.1, 0.15) is 12.3 Å². The summed E-state index contributed by atoms with van der Waals surface area (Å²) in [6.45, 7) is 0.996. The molecule has 0 aliphatic heterocycles. The van der Waals surface area contributed by atoms with Crippen molar-refractivity contribution < 1.29 is 14.3 Å². The standard InChI is InChI=1S/C27H23N3O3/c1-32-27(31)26-25(33-19-20-9-3-2-4-10-20)15-14-21(30-26)11-7-8-17-28-24-16-18-29-23-13-6-5-12-22(23)24/h2-6,9-10,12-16,18H,8,17,19H2,1H3,(H,28,29). The normalized spacial score (nSPS) is 10.2. The van der Waals surface area contributed by atoms with Crippen LogP contribution < -0.4 is 10.1 Å². The van der Waals surface area contributed by atoms with Crippen LogP contribution in [0.15, 0.2) is 79.0 Å². The Morgan fingerprint density at radius 2 is 1.82 bits per heavy atom. The largest absolute Gasteiger partial charge is 0.486 e. The molecule has 0 spiro atoms. The number of pyridine rings is 2. The van der Waals surface area contributed by atoms with E-state index in [0.717, 1.165) is 22.2 Å². The minimum Gasteiger partial charge on any atom is -0.486 e. The van der Waals surface area contributed by atoms with Crippen molar-refractivity contribution >= 4 is 22.6 Å². The third-order valence-electron chi connectivity index (χ3n) is 4.91. The number of nitrogens with one attached hydrogen (secondary N) is 1. The number of para-hydroxylation sites is 1. The van der Waals surface area contributed by atoms with Crippen molar-refractivity contribution in [1.82, 2.24) is 9.97 Å². The van der Waals surface area contributed by atoms with Crippen LogP contribution in [0.4, 0.5) is 5.69 Å². The number of aromatic nitrogens is 2. The minimum atomic E-state index is -0.562. The lowest BCUT2D eigenvalue weighted by molar-refractivity contribution is 0.0588. The monoisotopic (exact) mass is 437 g/mol. The second-order valence-corrected chi connectivity index (χ2v) is 7.16. The first-order valence-electron chi connectivity index (χ1n) is 10.6. The van der Waals surface area contributed by atoms with Gasteiger partial charge in [-0.1, -0.05) is 54.5 Å². The fraction of sp³-hybridized carbons (Fsp3) is 0.148. The average molecular weight is 437 g/mol. The number of fused-ring (bicyclic) bond motifs is 1. The Hall–Kier alpha value is -4.37. The first-order valence-corrected chi connectivity index (χ1v) is 10.6. The minimum absolute atomic E-state index is 0.113. The lowest BCUT2D eigenvalue weighted by atomic mass is 10.2. The maximum Gasteiger partial charge on any atom is 0.360 e. The van der Waals surface area contributed by atoms with Gasteiger partial charge in [0.25, 0.3) is 0 Å². The van der Waals surface area contributed by atoms with E-state index in [1.54, 1.807) is 18.3 Å². The lowest BCUT2D eigenvalue weighted by Gasteiger charge is -2.10. The number of anilines is 1. The van der Waals surface area contributed by atoms with E-state index >= 15 is 0 Å². The molecule has 2 aromatic heterocycles. The van der Waals surface area contributed by atoms with Crippen LogP contribution in [0.25, 0.3) is 10.9 Å². The van der Waals surface area contributed by atoms with E-state index in [9.17, 15) is 4.79 Å². The van der Waals surface area contributed by atoms with Crippen LogP contribution in [0.2, 0.25) is 0 Å². The molecule has 0 radical (unpaired) electrons. The van der Waals surface area contributed by atoms with Gasteiger partial charge in [-0.15, -0.1) is 0 Å². The molecular weight excluding hydrogens is 414 g/mol. The van der Waals surface area contributed by atoms with Gasteiger partial charge in [0, 0.05) is 30.2 Å². The second kappa shape index (κ2) is 10.8. The maximum absolute atomic E-state index is 12.2. The molecule has 0 saturated carbocycles. The van der Waals surface area contributed by atoms with Crippen LogP contribution in [0.1, 0.15) is 28.2 Å². The topological polar surface area (TPSA) is 73.3 Å². The van der Waals surface area contributed by atoms with Gasteiger partial charge in [0.2, 0.25) is 0 Å². The number of rotatable bonds is 7. The van der Waals surface area contributed by atoms with Gasteiger partial charge in [0.05, 0.1) is 12.6 Å². The molecule has 6 nitrogen and oxygen atoms in total. The molecule has 0 aliphatic rings. The molecule has 0 fully saturated rings. The van der Waals surface area contributed by atoms with E-state index in [1.165, 1.54) is 7.11 Å². The lowest BCUT2D eigenvalue weighted by Crippen LogP contribution is -2.09. The Balaban J connectivity index is 1.40. The smallest absolute Gasteiger partial charge is 0.360 e. The Kier molecular flexibility index (Phi) is 7.14. The van der Waals surface area contributed by atoms with Gasteiger partial charge in [-0.25, -0.2) is 9.78 Å². The van der Waals surface area contributed by atoms with Crippen LogP contribution in [0.5, 0.6) is 5.75 Å². The summed E-state index contributed by atoms with van der Waals surface area (Å²) in [5, 5.41) is 4.47. The average Bonchev–Trinajstić information content (AvgIpc) is 2.87. The van der Waals surface area contributed by atoms with Crippen LogP contribution in [-0.2, 0) is 11.3 Å². The Labute approximate surface area is 192 Å². The van der Waals surface area contributed by atoms with E-state index in [1.807, 2.05) is 60.7 Å². The molecule has 33 heavy (non-hydrogen) atoms. The number of hydrogen-bond donors (Lipinski definition) is 1. The number of nitrogens with zero attached hydrogens (tertiary/aromatic N) is 2. The molecule has 0 aliphatic carbocycles. The molecule has 6 heteroatoms. The van der Waals surface area contributed by atoms with Crippen molar-refractivity contribution in [3.05, 3.63) is 95.9 Å². The van der Waals surface area contributed by atoms with Crippen LogP contribution in [-0.4, -0.2) is 29.6 Å². The van der Waals surface area contributed by atoms with Crippen LogP contribution in [0.3, 0.4) is 0 Å². The molecular formula is C27H23N3O3. The van der Waals surface area contributed by atoms with Gasteiger partial charge < -0.3 is 14.8 Å². The van der Waals surface area contributed by atoms with Crippen molar-refractivity contribution in [3.8, 4) is 17.6 Å². The zero-order valence-electron chi connectivity index (χ0n) is 18.2. The predicted octanol–water partition coefficient (Wildman–Crippen LogP) is 4.85. The highest BCUT2D eigenvalue weighted by atomic mass is 16.5. The molecule has 164 valence electrons. The summed E-state index contributed by atoms with van der Waals surface area (Å²) in [5.41, 5.74) is 3.56. The summed E-state index contributed by atoms with van der Waals surface area (Å²) in [6, 6.07) is 23.1. The van der Waals surface area contributed by atoms with Crippen molar-refractivity contribution in [3.63, 3.8) is 0 Å². The summed E-state index contributed by atoms with van der Waals surface area (Å²) >= 11 is 0. The van der Waals surface area contributed by atoms with Crippen molar-refractivity contribution in [2.24, 2.45) is 0 Å². The predicted molar refractivity (Wildman–Crippen MR) is 128 cm³/mol. The number of methoxy groups -OCH3 is 1. The van der Waals surface area contributed by atoms with Gasteiger partial charge in [0.15, 0.2) is 11.4 Å². The van der Waals surface area contributed by atoms with Crippen molar-refractivity contribution in [2.45, 2.75) is 13.0 Å². The molecule has 2 heterocycles.